The number of nitrogens with one attached hydrogen (secondary N) is 1. The Labute approximate surface area is 107 Å². The van der Waals surface area contributed by atoms with Crippen LogP contribution >= 0.6 is 0 Å². The van der Waals surface area contributed by atoms with Gasteiger partial charge in [0.2, 0.25) is 5.91 Å². The Morgan fingerprint density at radius 3 is 2.44 bits per heavy atom. The van der Waals surface area contributed by atoms with Crippen molar-refractivity contribution >= 4 is 11.9 Å². The summed E-state index contributed by atoms with van der Waals surface area (Å²) in [6.07, 6.45) is 1.33. The molecule has 0 aliphatic carbocycles. The second-order valence-electron chi connectivity index (χ2n) is 5.15. The topological polar surface area (TPSA) is 102 Å². The SMILES string of the molecule is CCC(C)(N)C(=O)NCC1(C(=O)O)CCOCC1. The van der Waals surface area contributed by atoms with Crippen LogP contribution in [0.3, 0.4) is 0 Å². The molecular weight excluding hydrogens is 236 g/mol. The predicted octanol–water partition coefficient (Wildman–Crippen LogP) is 0.111. The van der Waals surface area contributed by atoms with E-state index in [4.69, 9.17) is 10.5 Å². The fraction of sp³-hybridized carbons (Fsp3) is 0.833. The number of rotatable bonds is 5. The Morgan fingerprint density at radius 1 is 1.44 bits per heavy atom. The molecule has 1 rings (SSSR count). The molecule has 18 heavy (non-hydrogen) atoms. The Bertz CT molecular complexity index is 322. The number of carboxylic acid groups (broad SMARTS) is 1. The third-order valence-electron chi connectivity index (χ3n) is 3.74. The number of hydrogen-bond acceptors (Lipinski definition) is 4. The Kier molecular flexibility index (Phi) is 4.70. The Hall–Kier alpha value is -1.14. The maximum absolute atomic E-state index is 11.8. The van der Waals surface area contributed by atoms with Gasteiger partial charge in [-0.2, -0.15) is 0 Å². The minimum Gasteiger partial charge on any atom is -0.481 e. The number of hydrogen-bond donors (Lipinski definition) is 3. The first-order valence-electron chi connectivity index (χ1n) is 6.22. The number of amides is 1. The maximum atomic E-state index is 11.8. The van der Waals surface area contributed by atoms with Gasteiger partial charge in [-0.05, 0) is 26.2 Å². The lowest BCUT2D eigenvalue weighted by Gasteiger charge is -2.34. The van der Waals surface area contributed by atoms with Gasteiger partial charge in [-0.25, -0.2) is 0 Å². The monoisotopic (exact) mass is 258 g/mol. The van der Waals surface area contributed by atoms with Crippen LogP contribution in [-0.4, -0.2) is 42.3 Å². The van der Waals surface area contributed by atoms with Gasteiger partial charge in [0.1, 0.15) is 0 Å². The van der Waals surface area contributed by atoms with Crippen molar-refractivity contribution in [3.05, 3.63) is 0 Å². The second kappa shape index (κ2) is 5.67. The first kappa shape index (κ1) is 14.9. The highest BCUT2D eigenvalue weighted by Gasteiger charge is 2.41. The second-order valence-corrected chi connectivity index (χ2v) is 5.15. The van der Waals surface area contributed by atoms with E-state index in [0.29, 0.717) is 32.5 Å². The zero-order valence-corrected chi connectivity index (χ0v) is 11.0. The molecule has 0 spiro atoms. The van der Waals surface area contributed by atoms with E-state index in [9.17, 15) is 14.7 Å². The summed E-state index contributed by atoms with van der Waals surface area (Å²) in [6.45, 7) is 4.39. The molecule has 1 heterocycles. The van der Waals surface area contributed by atoms with Crippen molar-refractivity contribution in [2.24, 2.45) is 11.1 Å². The van der Waals surface area contributed by atoms with Gasteiger partial charge in [-0.15, -0.1) is 0 Å². The Balaban J connectivity index is 2.64. The molecule has 1 aliphatic heterocycles. The van der Waals surface area contributed by atoms with Crippen LogP contribution in [-0.2, 0) is 14.3 Å². The molecule has 1 fully saturated rings. The third kappa shape index (κ3) is 3.20. The van der Waals surface area contributed by atoms with Crippen LogP contribution in [0.5, 0.6) is 0 Å². The van der Waals surface area contributed by atoms with Crippen molar-refractivity contribution in [1.29, 1.82) is 0 Å². The van der Waals surface area contributed by atoms with Gasteiger partial charge in [0.15, 0.2) is 0 Å². The molecule has 104 valence electrons. The molecule has 0 aromatic carbocycles. The first-order chi connectivity index (χ1) is 8.34. The maximum Gasteiger partial charge on any atom is 0.311 e. The highest BCUT2D eigenvalue weighted by atomic mass is 16.5. The van der Waals surface area contributed by atoms with E-state index in [-0.39, 0.29) is 12.5 Å². The van der Waals surface area contributed by atoms with E-state index in [2.05, 4.69) is 5.32 Å². The molecule has 0 aromatic rings. The molecule has 1 aliphatic rings. The van der Waals surface area contributed by atoms with Crippen LogP contribution in [0.2, 0.25) is 0 Å². The summed E-state index contributed by atoms with van der Waals surface area (Å²) < 4.78 is 5.17. The normalized spacial score (nSPS) is 21.9. The lowest BCUT2D eigenvalue weighted by atomic mass is 9.80. The Morgan fingerprint density at radius 2 is 2.00 bits per heavy atom. The minimum atomic E-state index is -0.954. The average Bonchev–Trinajstić information content (AvgIpc) is 2.36. The fourth-order valence-electron chi connectivity index (χ4n) is 1.84. The predicted molar refractivity (Wildman–Crippen MR) is 66.0 cm³/mol. The molecule has 0 radical (unpaired) electrons. The molecule has 4 N–H and O–H groups in total. The van der Waals surface area contributed by atoms with Crippen LogP contribution in [0, 0.1) is 5.41 Å². The number of ether oxygens (including phenoxy) is 1. The van der Waals surface area contributed by atoms with Crippen LogP contribution in [0.4, 0.5) is 0 Å². The fourth-order valence-corrected chi connectivity index (χ4v) is 1.84. The van der Waals surface area contributed by atoms with E-state index in [1.807, 2.05) is 6.92 Å². The first-order valence-corrected chi connectivity index (χ1v) is 6.22. The van der Waals surface area contributed by atoms with Gasteiger partial charge in [-0.1, -0.05) is 6.92 Å². The minimum absolute atomic E-state index is 0.108. The van der Waals surface area contributed by atoms with E-state index >= 15 is 0 Å². The lowest BCUT2D eigenvalue weighted by molar-refractivity contribution is -0.154. The average molecular weight is 258 g/mol. The number of aliphatic carboxylic acids is 1. The zero-order valence-electron chi connectivity index (χ0n) is 11.0. The van der Waals surface area contributed by atoms with Gasteiger partial charge in [0.05, 0.1) is 11.0 Å². The van der Waals surface area contributed by atoms with E-state index in [1.54, 1.807) is 6.92 Å². The van der Waals surface area contributed by atoms with E-state index < -0.39 is 16.9 Å². The van der Waals surface area contributed by atoms with Gasteiger partial charge < -0.3 is 20.9 Å². The molecule has 0 bridgehead atoms. The third-order valence-corrected chi connectivity index (χ3v) is 3.74. The highest BCUT2D eigenvalue weighted by molar-refractivity contribution is 5.86. The van der Waals surface area contributed by atoms with Gasteiger partial charge >= 0.3 is 5.97 Å². The summed E-state index contributed by atoms with van der Waals surface area (Å²) in [6, 6.07) is 0. The molecule has 6 heteroatoms. The van der Waals surface area contributed by atoms with Crippen molar-refractivity contribution in [1.82, 2.24) is 5.32 Å². The number of carbonyl (C=O) groups is 2. The highest BCUT2D eigenvalue weighted by Crippen LogP contribution is 2.30. The quantitative estimate of drug-likeness (QED) is 0.649. The number of nitrogens with two attached hydrogens (primary N) is 1. The van der Waals surface area contributed by atoms with Crippen LogP contribution in [0.1, 0.15) is 33.1 Å². The summed E-state index contributed by atoms with van der Waals surface area (Å²) >= 11 is 0. The molecule has 0 saturated carbocycles. The molecule has 1 saturated heterocycles. The molecule has 0 aromatic heterocycles. The molecule has 6 nitrogen and oxygen atoms in total. The van der Waals surface area contributed by atoms with Gasteiger partial charge in [-0.3, -0.25) is 9.59 Å². The smallest absolute Gasteiger partial charge is 0.311 e. The van der Waals surface area contributed by atoms with Crippen LogP contribution in [0.15, 0.2) is 0 Å². The van der Waals surface area contributed by atoms with Crippen LogP contribution < -0.4 is 11.1 Å². The summed E-state index contributed by atoms with van der Waals surface area (Å²) in [7, 11) is 0. The zero-order chi connectivity index (χ0) is 13.8. The number of carbonyl (C=O) groups excluding carboxylic acids is 1. The number of carboxylic acids is 1. The molecular formula is C12H22N2O4. The van der Waals surface area contributed by atoms with Crippen molar-refractivity contribution in [3.63, 3.8) is 0 Å². The van der Waals surface area contributed by atoms with Crippen molar-refractivity contribution < 1.29 is 19.4 Å². The lowest BCUT2D eigenvalue weighted by Crippen LogP contribution is -2.55. The van der Waals surface area contributed by atoms with E-state index in [0.717, 1.165) is 0 Å². The summed E-state index contributed by atoms with van der Waals surface area (Å²) in [5.41, 5.74) is 3.94. The molecule has 1 amide bonds. The van der Waals surface area contributed by atoms with Crippen molar-refractivity contribution in [2.45, 2.75) is 38.6 Å². The molecule has 1 atom stereocenters. The van der Waals surface area contributed by atoms with Gasteiger partial charge in [0.25, 0.3) is 0 Å². The molecule has 1 unspecified atom stereocenters. The summed E-state index contributed by atoms with van der Waals surface area (Å²) in [5.74, 6) is -1.20. The summed E-state index contributed by atoms with van der Waals surface area (Å²) in [4.78, 5) is 23.2. The van der Waals surface area contributed by atoms with Crippen molar-refractivity contribution in [3.8, 4) is 0 Å². The summed E-state index contributed by atoms with van der Waals surface area (Å²) in [5, 5.41) is 12.0. The largest absolute Gasteiger partial charge is 0.481 e. The van der Waals surface area contributed by atoms with Gasteiger partial charge in [0, 0.05) is 19.8 Å². The van der Waals surface area contributed by atoms with Crippen molar-refractivity contribution in [2.75, 3.05) is 19.8 Å². The van der Waals surface area contributed by atoms with Crippen LogP contribution in [0.25, 0.3) is 0 Å². The van der Waals surface area contributed by atoms with E-state index in [1.165, 1.54) is 0 Å². The standard InChI is InChI=1S/C12H22N2O4/c1-3-11(2,13)9(15)14-8-12(10(16)17)4-6-18-7-5-12/h3-8,13H2,1-2H3,(H,14,15)(H,16,17).